The van der Waals surface area contributed by atoms with E-state index in [1.165, 1.54) is 0 Å². The molecule has 0 saturated carbocycles. The fraction of sp³-hybridized carbons (Fsp3) is 1.00. The van der Waals surface area contributed by atoms with Crippen molar-refractivity contribution < 1.29 is 24.9 Å². The van der Waals surface area contributed by atoms with E-state index < -0.39 is 31.4 Å². The van der Waals surface area contributed by atoms with Crippen LogP contribution in [-0.2, 0) is 0 Å². The van der Waals surface area contributed by atoms with Crippen LogP contribution in [0.3, 0.4) is 0 Å². The molecule has 0 spiro atoms. The Labute approximate surface area is 53.0 Å². The highest BCUT2D eigenvalue weighted by Crippen LogP contribution is 1.97. The van der Waals surface area contributed by atoms with Gasteiger partial charge in [0, 0.05) is 0 Å². The van der Waals surface area contributed by atoms with E-state index >= 15 is 0 Å². The average molecular weight is 138 g/mol. The van der Waals surface area contributed by atoms with Gasteiger partial charge in [-0.25, -0.2) is 4.48 Å². The normalized spacial score (nSPS) is 12.0. The van der Waals surface area contributed by atoms with Gasteiger partial charge in [0.05, 0.1) is 0 Å². The Morgan fingerprint density at radius 1 is 0.667 bits per heavy atom. The first-order valence-electron chi connectivity index (χ1n) is 2.53. The Balaban J connectivity index is 3.82. The number of aliphatic hydroxyl groups excluding tert-OH is 4. The molecule has 0 radical (unpaired) electrons. The van der Waals surface area contributed by atoms with Crippen LogP contribution in [0.4, 0.5) is 0 Å². The SMILES string of the molecule is OC[N+](CO)(CO)CO. The first-order chi connectivity index (χ1) is 4.24. The Morgan fingerprint density at radius 3 is 0.889 bits per heavy atom. The van der Waals surface area contributed by atoms with Crippen LogP contribution in [0.1, 0.15) is 0 Å². The Morgan fingerprint density at radius 2 is 0.889 bits per heavy atom. The van der Waals surface area contributed by atoms with E-state index in [4.69, 9.17) is 20.4 Å². The van der Waals surface area contributed by atoms with Crippen LogP contribution in [-0.4, -0.2) is 51.8 Å². The molecule has 56 valence electrons. The molecule has 0 aliphatic heterocycles. The molecule has 0 aromatic rings. The van der Waals surface area contributed by atoms with E-state index in [1.807, 2.05) is 0 Å². The Hall–Kier alpha value is -0.200. The molecule has 0 atom stereocenters. The number of nitrogens with zero attached hydrogens (tertiary/aromatic N) is 1. The van der Waals surface area contributed by atoms with Crippen molar-refractivity contribution in [2.24, 2.45) is 0 Å². The third kappa shape index (κ3) is 1.88. The maximum absolute atomic E-state index is 8.47. The summed E-state index contributed by atoms with van der Waals surface area (Å²) in [4.78, 5) is 0. The second kappa shape index (κ2) is 3.76. The highest BCUT2D eigenvalue weighted by Gasteiger charge is 2.22. The lowest BCUT2D eigenvalue weighted by Crippen LogP contribution is -2.50. The molecule has 4 N–H and O–H groups in total. The Kier molecular flexibility index (Phi) is 3.67. The van der Waals surface area contributed by atoms with Gasteiger partial charge in [0.15, 0.2) is 26.9 Å². The van der Waals surface area contributed by atoms with Gasteiger partial charge in [0.25, 0.3) is 0 Å². The Bertz CT molecular complexity index is 55.5. The summed E-state index contributed by atoms with van der Waals surface area (Å²) in [5.74, 6) is 0. The highest BCUT2D eigenvalue weighted by atomic mass is 16.4. The number of quaternary nitrogens is 1. The number of aliphatic hydroxyl groups is 4. The van der Waals surface area contributed by atoms with Crippen LogP contribution < -0.4 is 0 Å². The summed E-state index contributed by atoms with van der Waals surface area (Å²) in [6.07, 6.45) is 0. The van der Waals surface area contributed by atoms with E-state index in [1.54, 1.807) is 0 Å². The van der Waals surface area contributed by atoms with Crippen LogP contribution in [0.25, 0.3) is 0 Å². The minimum absolute atomic E-state index is 0.469. The summed E-state index contributed by atoms with van der Waals surface area (Å²) >= 11 is 0. The summed E-state index contributed by atoms with van der Waals surface area (Å²) in [7, 11) is 0. The molecule has 5 nitrogen and oxygen atoms in total. The van der Waals surface area contributed by atoms with Gasteiger partial charge >= 0.3 is 0 Å². The molecular formula is C4H12NO4+. The van der Waals surface area contributed by atoms with Gasteiger partial charge in [-0.2, -0.15) is 0 Å². The molecule has 0 amide bonds. The monoisotopic (exact) mass is 138 g/mol. The molecule has 0 rings (SSSR count). The molecule has 0 aromatic carbocycles. The second-order valence-electron chi connectivity index (χ2n) is 1.91. The van der Waals surface area contributed by atoms with Crippen LogP contribution in [0.15, 0.2) is 0 Å². The first-order valence-corrected chi connectivity index (χ1v) is 2.53. The topological polar surface area (TPSA) is 80.9 Å². The van der Waals surface area contributed by atoms with Gasteiger partial charge in [0.2, 0.25) is 0 Å². The maximum Gasteiger partial charge on any atom is 0.185 e. The van der Waals surface area contributed by atoms with Crippen molar-refractivity contribution in [3.63, 3.8) is 0 Å². The smallest absolute Gasteiger partial charge is 0.185 e. The third-order valence-electron chi connectivity index (χ3n) is 1.20. The molecule has 5 heteroatoms. The quantitative estimate of drug-likeness (QED) is 0.258. The van der Waals surface area contributed by atoms with E-state index in [0.29, 0.717) is 0 Å². The van der Waals surface area contributed by atoms with Crippen molar-refractivity contribution in [3.05, 3.63) is 0 Å². The molecule has 0 aliphatic carbocycles. The zero-order valence-electron chi connectivity index (χ0n) is 5.06. The van der Waals surface area contributed by atoms with E-state index in [9.17, 15) is 0 Å². The average Bonchev–Trinajstić information content (AvgIpc) is 1.95. The van der Waals surface area contributed by atoms with Crippen molar-refractivity contribution in [1.82, 2.24) is 0 Å². The van der Waals surface area contributed by atoms with Crippen molar-refractivity contribution in [2.75, 3.05) is 26.9 Å². The van der Waals surface area contributed by atoms with E-state index in [-0.39, 0.29) is 0 Å². The predicted octanol–water partition coefficient (Wildman–Crippen LogP) is -2.40. The minimum atomic E-state index is -0.500. The fourth-order valence-electron chi connectivity index (χ4n) is 0.268. The summed E-state index contributed by atoms with van der Waals surface area (Å²) in [5.41, 5.74) is 0. The maximum atomic E-state index is 8.47. The lowest BCUT2D eigenvalue weighted by Gasteiger charge is -2.28. The third-order valence-corrected chi connectivity index (χ3v) is 1.20. The van der Waals surface area contributed by atoms with Crippen molar-refractivity contribution in [1.29, 1.82) is 0 Å². The lowest BCUT2D eigenvalue weighted by atomic mass is 10.6. The standard InChI is InChI=1S/C4H12NO4/c6-1-5(2-7,3-8)4-9/h6-9H,1-4H2/q+1. The zero-order chi connectivity index (χ0) is 7.33. The molecular weight excluding hydrogens is 126 g/mol. The van der Waals surface area contributed by atoms with Crippen LogP contribution >= 0.6 is 0 Å². The number of hydrogen-bond acceptors (Lipinski definition) is 4. The van der Waals surface area contributed by atoms with Crippen molar-refractivity contribution in [2.45, 2.75) is 0 Å². The largest absolute Gasteiger partial charge is 0.347 e. The summed E-state index contributed by atoms with van der Waals surface area (Å²) in [6, 6.07) is 0. The molecule has 0 saturated heterocycles. The van der Waals surface area contributed by atoms with Crippen LogP contribution in [0.5, 0.6) is 0 Å². The molecule has 9 heavy (non-hydrogen) atoms. The van der Waals surface area contributed by atoms with Gasteiger partial charge in [-0.1, -0.05) is 0 Å². The minimum Gasteiger partial charge on any atom is -0.347 e. The fourth-order valence-corrected chi connectivity index (χ4v) is 0.268. The van der Waals surface area contributed by atoms with Gasteiger partial charge in [0.1, 0.15) is 0 Å². The number of rotatable bonds is 4. The summed E-state index contributed by atoms with van der Waals surface area (Å²) in [5, 5.41) is 33.9. The highest BCUT2D eigenvalue weighted by molar-refractivity contribution is 4.10. The van der Waals surface area contributed by atoms with Gasteiger partial charge in [-0.3, -0.25) is 0 Å². The van der Waals surface area contributed by atoms with Crippen molar-refractivity contribution in [3.8, 4) is 0 Å². The molecule has 0 unspecified atom stereocenters. The van der Waals surface area contributed by atoms with Gasteiger partial charge in [-0.05, 0) is 0 Å². The van der Waals surface area contributed by atoms with Crippen molar-refractivity contribution >= 4 is 0 Å². The van der Waals surface area contributed by atoms with Gasteiger partial charge in [-0.15, -0.1) is 0 Å². The van der Waals surface area contributed by atoms with Crippen LogP contribution in [0.2, 0.25) is 0 Å². The molecule has 0 fully saturated rings. The molecule has 0 heterocycles. The second-order valence-corrected chi connectivity index (χ2v) is 1.91. The lowest BCUT2D eigenvalue weighted by molar-refractivity contribution is -0.991. The van der Waals surface area contributed by atoms with Crippen LogP contribution in [0, 0.1) is 0 Å². The van der Waals surface area contributed by atoms with E-state index in [0.717, 1.165) is 0 Å². The summed E-state index contributed by atoms with van der Waals surface area (Å²) in [6.45, 7) is -1.88. The first kappa shape index (κ1) is 8.80. The zero-order valence-corrected chi connectivity index (χ0v) is 5.06. The van der Waals surface area contributed by atoms with E-state index in [2.05, 4.69) is 0 Å². The summed E-state index contributed by atoms with van der Waals surface area (Å²) < 4.78 is -0.500. The molecule has 0 aromatic heterocycles. The molecule has 0 bridgehead atoms. The van der Waals surface area contributed by atoms with Gasteiger partial charge < -0.3 is 20.4 Å². The number of hydrogen-bond donors (Lipinski definition) is 4. The molecule has 0 aliphatic rings. The predicted molar refractivity (Wildman–Crippen MR) is 28.6 cm³/mol.